The van der Waals surface area contributed by atoms with Crippen LogP contribution in [0.25, 0.3) is 15.8 Å². The molecule has 2 aromatic heterocycles. The fraction of sp³-hybridized carbons (Fsp3) is 0.292. The Kier molecular flexibility index (Phi) is 6.44. The number of alkyl halides is 2. The van der Waals surface area contributed by atoms with Crippen LogP contribution in [0.4, 0.5) is 8.78 Å². The number of benzene rings is 1. The van der Waals surface area contributed by atoms with Crippen LogP contribution in [0.15, 0.2) is 47.1 Å². The lowest BCUT2D eigenvalue weighted by Gasteiger charge is -2.16. The number of halogens is 3. The number of hydrogen-bond donors (Lipinski definition) is 0. The minimum Gasteiger partial charge on any atom is -0.453 e. The highest BCUT2D eigenvalue weighted by Crippen LogP contribution is 2.33. The molecule has 174 valence electrons. The van der Waals surface area contributed by atoms with Crippen molar-refractivity contribution in [3.63, 3.8) is 0 Å². The van der Waals surface area contributed by atoms with Crippen LogP contribution in [-0.2, 0) is 11.2 Å². The first-order chi connectivity index (χ1) is 16.2. The maximum Gasteiger partial charge on any atom is 0.306 e. The molecule has 10 heteroatoms. The van der Waals surface area contributed by atoms with E-state index in [1.165, 1.54) is 18.5 Å². The Hall–Kier alpha value is -3.64. The lowest BCUT2D eigenvalue weighted by atomic mass is 9.98. The predicted molar refractivity (Wildman–Crippen MR) is 119 cm³/mol. The van der Waals surface area contributed by atoms with Crippen molar-refractivity contribution in [3.8, 4) is 0 Å². The van der Waals surface area contributed by atoms with Gasteiger partial charge in [-0.05, 0) is 35.9 Å². The van der Waals surface area contributed by atoms with E-state index in [0.717, 1.165) is 4.90 Å². The molecule has 1 fully saturated rings. The van der Waals surface area contributed by atoms with Crippen molar-refractivity contribution in [1.82, 2.24) is 9.88 Å². The first-order valence-corrected chi connectivity index (χ1v) is 10.8. The van der Waals surface area contributed by atoms with Crippen molar-refractivity contribution in [2.75, 3.05) is 6.54 Å². The minimum atomic E-state index is -3.12. The van der Waals surface area contributed by atoms with Crippen molar-refractivity contribution in [3.05, 3.63) is 76.1 Å². The van der Waals surface area contributed by atoms with Crippen molar-refractivity contribution < 1.29 is 27.6 Å². The molecule has 1 aliphatic rings. The average Bonchev–Trinajstić information content (AvgIpc) is 3.37. The summed E-state index contributed by atoms with van der Waals surface area (Å²) in [5.41, 5.74) is 1.07. The highest BCUT2D eigenvalue weighted by Gasteiger charge is 2.50. The van der Waals surface area contributed by atoms with Gasteiger partial charge in [0.1, 0.15) is 12.0 Å². The third-order valence-corrected chi connectivity index (χ3v) is 5.82. The summed E-state index contributed by atoms with van der Waals surface area (Å²) in [6, 6.07) is 7.98. The number of nitrogens with zero attached hydrogens (tertiary/aromatic N) is 3. The number of carbonyl (C=O) groups excluding carboxylic acids is 3. The van der Waals surface area contributed by atoms with E-state index in [-0.39, 0.29) is 36.4 Å². The quantitative estimate of drug-likeness (QED) is 0.348. The van der Waals surface area contributed by atoms with Gasteiger partial charge in [0.05, 0.1) is 6.54 Å². The highest BCUT2D eigenvalue weighted by atomic mass is 35.5. The van der Waals surface area contributed by atoms with Crippen molar-refractivity contribution >= 4 is 40.0 Å². The van der Waals surface area contributed by atoms with Gasteiger partial charge in [-0.15, -0.1) is 0 Å². The van der Waals surface area contributed by atoms with Gasteiger partial charge in [-0.25, -0.2) is 15.4 Å². The monoisotopic (exact) mass is 485 g/mol. The van der Waals surface area contributed by atoms with Crippen LogP contribution in [0.3, 0.4) is 0 Å². The van der Waals surface area contributed by atoms with Crippen LogP contribution >= 0.6 is 11.6 Å². The molecule has 3 aromatic rings. The molecule has 3 heterocycles. The molecule has 34 heavy (non-hydrogen) atoms. The van der Waals surface area contributed by atoms with Crippen LogP contribution in [0.2, 0.25) is 5.02 Å². The fourth-order valence-corrected chi connectivity index (χ4v) is 4.10. The van der Waals surface area contributed by atoms with Crippen LogP contribution in [-0.4, -0.2) is 46.0 Å². The normalized spacial score (nSPS) is 17.0. The minimum absolute atomic E-state index is 0.106. The van der Waals surface area contributed by atoms with E-state index in [4.69, 9.17) is 22.6 Å². The number of ketones is 2. The van der Waals surface area contributed by atoms with E-state index in [2.05, 4.69) is 9.83 Å². The largest absolute Gasteiger partial charge is 0.453 e. The Bertz CT molecular complexity index is 1330. The first kappa shape index (κ1) is 23.5. The second-order valence-electron chi connectivity index (χ2n) is 8.04. The molecule has 0 bridgehead atoms. The summed E-state index contributed by atoms with van der Waals surface area (Å²) in [6.07, 6.45) is 0.117. The Morgan fingerprint density at radius 1 is 1.21 bits per heavy atom. The Morgan fingerprint density at radius 3 is 2.76 bits per heavy atom. The van der Waals surface area contributed by atoms with E-state index in [9.17, 15) is 23.2 Å². The standard InChI is InChI=1S/C24H18ClF2N3O4/c1-28-22-11-24(26,27)13-30(22)23(33)5-3-18(31)17-6-7-29-12-15(17)9-19(32)21-10-14-8-16(25)2-4-20(14)34-21/h2,4,6-8,10,12,22H,3,5,9,11,13H2/t22-/m0/s1. The molecule has 1 amide bonds. The van der Waals surface area contributed by atoms with Gasteiger partial charge in [0.2, 0.25) is 11.7 Å². The number of aromatic nitrogens is 1. The molecule has 4 rings (SSSR count). The number of fused-ring (bicyclic) bond motifs is 1. The topological polar surface area (TPSA) is 84.8 Å². The highest BCUT2D eigenvalue weighted by molar-refractivity contribution is 6.31. The molecule has 1 aliphatic heterocycles. The Morgan fingerprint density at radius 2 is 2.00 bits per heavy atom. The molecule has 1 saturated heterocycles. The van der Waals surface area contributed by atoms with Gasteiger partial charge in [-0.2, -0.15) is 0 Å². The second-order valence-corrected chi connectivity index (χ2v) is 8.48. The number of furan rings is 1. The zero-order valence-electron chi connectivity index (χ0n) is 17.8. The fourth-order valence-electron chi connectivity index (χ4n) is 3.92. The van der Waals surface area contributed by atoms with Gasteiger partial charge in [0.15, 0.2) is 11.5 Å². The first-order valence-electron chi connectivity index (χ1n) is 10.4. The lowest BCUT2D eigenvalue weighted by molar-refractivity contribution is -0.132. The van der Waals surface area contributed by atoms with E-state index in [1.54, 1.807) is 24.3 Å². The van der Waals surface area contributed by atoms with E-state index in [1.807, 2.05) is 0 Å². The average molecular weight is 486 g/mol. The summed E-state index contributed by atoms with van der Waals surface area (Å²) in [4.78, 5) is 45.9. The molecule has 0 aliphatic carbocycles. The number of amides is 1. The lowest BCUT2D eigenvalue weighted by Crippen LogP contribution is -2.35. The van der Waals surface area contributed by atoms with Gasteiger partial charge in [0.25, 0.3) is 5.92 Å². The van der Waals surface area contributed by atoms with Crippen LogP contribution in [0.5, 0.6) is 0 Å². The Labute approximate surface area is 198 Å². The summed E-state index contributed by atoms with van der Waals surface area (Å²) in [5.74, 6) is -4.49. The maximum atomic E-state index is 13.6. The number of hydrogen-bond acceptors (Lipinski definition) is 5. The molecular formula is C24H18ClF2N3O4. The molecular weight excluding hydrogens is 468 g/mol. The summed E-state index contributed by atoms with van der Waals surface area (Å²) >= 11 is 5.97. The van der Waals surface area contributed by atoms with E-state index in [0.29, 0.717) is 21.6 Å². The van der Waals surface area contributed by atoms with Crippen molar-refractivity contribution in [1.29, 1.82) is 0 Å². The van der Waals surface area contributed by atoms with Gasteiger partial charge >= 0.3 is 6.17 Å². The summed E-state index contributed by atoms with van der Waals surface area (Å²) in [7, 11) is 0. The maximum absolute atomic E-state index is 13.6. The van der Waals surface area contributed by atoms with Gasteiger partial charge in [0, 0.05) is 47.6 Å². The van der Waals surface area contributed by atoms with Crippen LogP contribution < -0.4 is 0 Å². The zero-order chi connectivity index (χ0) is 24.5. The molecule has 1 atom stereocenters. The molecule has 0 saturated carbocycles. The van der Waals surface area contributed by atoms with Crippen LogP contribution in [0, 0.1) is 6.57 Å². The van der Waals surface area contributed by atoms with Gasteiger partial charge in [-0.1, -0.05) is 11.6 Å². The smallest absolute Gasteiger partial charge is 0.306 e. The molecule has 7 nitrogen and oxygen atoms in total. The number of rotatable bonds is 7. The number of carbonyl (C=O) groups is 3. The predicted octanol–water partition coefficient (Wildman–Crippen LogP) is 4.98. The zero-order valence-corrected chi connectivity index (χ0v) is 18.5. The Balaban J connectivity index is 1.44. The summed E-state index contributed by atoms with van der Waals surface area (Å²) < 4.78 is 32.8. The van der Waals surface area contributed by atoms with Crippen LogP contribution in [0.1, 0.15) is 45.7 Å². The number of Topliss-reactive ketones (excluding diaryl/α,β-unsaturated/α-hetero) is 2. The molecule has 1 aromatic carbocycles. The number of likely N-dealkylation sites (tertiary alicyclic amines) is 1. The molecule has 0 N–H and O–H groups in total. The third-order valence-electron chi connectivity index (χ3n) is 5.59. The third kappa shape index (κ3) is 4.97. The second kappa shape index (κ2) is 9.31. The van der Waals surface area contributed by atoms with E-state index >= 15 is 0 Å². The van der Waals surface area contributed by atoms with Crippen molar-refractivity contribution in [2.45, 2.75) is 37.8 Å². The SMILES string of the molecule is [C-]#[N+][C@@H]1CC(F)(F)CN1C(=O)CCC(=O)c1ccncc1CC(=O)c1cc2cc(Cl)ccc2o1. The summed E-state index contributed by atoms with van der Waals surface area (Å²) in [6.45, 7) is 6.21. The molecule has 0 unspecified atom stereocenters. The molecule has 0 radical (unpaired) electrons. The van der Waals surface area contributed by atoms with Crippen molar-refractivity contribution in [2.24, 2.45) is 0 Å². The van der Waals surface area contributed by atoms with E-state index < -0.39 is 36.7 Å². The van der Waals surface area contributed by atoms with Gasteiger partial charge < -0.3 is 4.42 Å². The molecule has 0 spiro atoms. The van der Waals surface area contributed by atoms with Gasteiger partial charge in [-0.3, -0.25) is 29.1 Å². The number of pyridine rings is 1. The summed E-state index contributed by atoms with van der Waals surface area (Å²) in [5, 5.41) is 1.17.